The third-order valence-electron chi connectivity index (χ3n) is 4.27. The third kappa shape index (κ3) is 6.59. The Kier molecular flexibility index (Phi) is 8.57. The van der Waals surface area contributed by atoms with Crippen molar-refractivity contribution in [3.63, 3.8) is 0 Å². The Labute approximate surface area is 194 Å². The zero-order valence-electron chi connectivity index (χ0n) is 17.2. The molecule has 0 bridgehead atoms. The van der Waals surface area contributed by atoms with E-state index in [1.54, 1.807) is 25.1 Å². The van der Waals surface area contributed by atoms with Crippen LogP contribution in [-0.2, 0) is 14.3 Å². The van der Waals surface area contributed by atoms with E-state index in [9.17, 15) is 9.59 Å². The number of ether oxygens (including phenoxy) is 2. The largest absolute Gasteiger partial charge is 0.494 e. The molecule has 3 rings (SSSR count). The number of thioether (sulfide) groups is 1. The van der Waals surface area contributed by atoms with Crippen molar-refractivity contribution in [3.05, 3.63) is 53.1 Å². The molecule has 2 aromatic carbocycles. The summed E-state index contributed by atoms with van der Waals surface area (Å²) in [5, 5.41) is 3.39. The van der Waals surface area contributed by atoms with Crippen LogP contribution in [0, 0.1) is 0 Å². The highest BCUT2D eigenvalue weighted by molar-refractivity contribution is 8.01. The van der Waals surface area contributed by atoms with Crippen LogP contribution in [0.5, 0.6) is 5.75 Å². The molecule has 0 spiro atoms. The molecule has 1 heterocycles. The number of nitrogens with zero attached hydrogens (tertiary/aromatic N) is 1. The lowest BCUT2D eigenvalue weighted by Gasteiger charge is -2.19. The van der Waals surface area contributed by atoms with E-state index in [2.05, 4.69) is 10.3 Å². The molecular formula is C22H23ClN2O4S2. The number of nitrogens with one attached hydrogen (secondary N) is 1. The van der Waals surface area contributed by atoms with E-state index in [0.717, 1.165) is 20.3 Å². The standard InChI is InChI=1S/C22H23ClN2O4S2/c1-3-28-14-9-10-17-19(11-14)31-22(25-17)30-13-20(26)24-18(12-21(27)29-4-2)15-7-5-6-8-16(15)23/h5-11,18H,3-4,12-13H2,1-2H3,(H,24,26)/t18-/m0/s1. The fraction of sp³-hybridized carbons (Fsp3) is 0.318. The normalized spacial score (nSPS) is 11.8. The van der Waals surface area contributed by atoms with Gasteiger partial charge in [-0.15, -0.1) is 11.3 Å². The fourth-order valence-corrected chi connectivity index (χ4v) is 5.12. The summed E-state index contributed by atoms with van der Waals surface area (Å²) in [6.07, 6.45) is 0.00925. The van der Waals surface area contributed by atoms with Crippen LogP contribution >= 0.6 is 34.7 Å². The average Bonchev–Trinajstić information content (AvgIpc) is 3.15. The molecule has 1 aromatic heterocycles. The second-order valence-electron chi connectivity index (χ2n) is 6.48. The monoisotopic (exact) mass is 478 g/mol. The highest BCUT2D eigenvalue weighted by Gasteiger charge is 2.21. The van der Waals surface area contributed by atoms with Gasteiger partial charge in [-0.2, -0.15) is 0 Å². The lowest BCUT2D eigenvalue weighted by molar-refractivity contribution is -0.143. The van der Waals surface area contributed by atoms with E-state index in [1.165, 1.54) is 23.1 Å². The summed E-state index contributed by atoms with van der Waals surface area (Å²) in [5.41, 5.74) is 1.55. The summed E-state index contributed by atoms with van der Waals surface area (Å²) >= 11 is 9.15. The van der Waals surface area contributed by atoms with Crippen molar-refractivity contribution in [2.45, 2.75) is 30.6 Å². The summed E-state index contributed by atoms with van der Waals surface area (Å²) in [6, 6.07) is 12.3. The average molecular weight is 479 g/mol. The number of carbonyl (C=O) groups excluding carboxylic acids is 2. The third-order valence-corrected chi connectivity index (χ3v) is 6.78. The Hall–Kier alpha value is -2.29. The number of aromatic nitrogens is 1. The van der Waals surface area contributed by atoms with Gasteiger partial charge in [-0.05, 0) is 43.7 Å². The highest BCUT2D eigenvalue weighted by atomic mass is 35.5. The van der Waals surface area contributed by atoms with Crippen LogP contribution in [0.1, 0.15) is 31.9 Å². The molecule has 1 amide bonds. The zero-order valence-corrected chi connectivity index (χ0v) is 19.6. The van der Waals surface area contributed by atoms with Gasteiger partial charge in [0, 0.05) is 5.02 Å². The maximum absolute atomic E-state index is 12.6. The number of halogens is 1. The molecular weight excluding hydrogens is 456 g/mol. The van der Waals surface area contributed by atoms with Crippen molar-refractivity contribution >= 4 is 56.8 Å². The second kappa shape index (κ2) is 11.4. The molecule has 0 aliphatic rings. The van der Waals surface area contributed by atoms with Crippen LogP contribution in [0.2, 0.25) is 5.02 Å². The first-order chi connectivity index (χ1) is 15.0. The Morgan fingerprint density at radius 3 is 2.74 bits per heavy atom. The Balaban J connectivity index is 1.65. The van der Waals surface area contributed by atoms with E-state index in [1.807, 2.05) is 31.2 Å². The predicted molar refractivity (Wildman–Crippen MR) is 125 cm³/mol. The molecule has 9 heteroatoms. The van der Waals surface area contributed by atoms with Crippen molar-refractivity contribution in [2.24, 2.45) is 0 Å². The lowest BCUT2D eigenvalue weighted by Crippen LogP contribution is -2.32. The lowest BCUT2D eigenvalue weighted by atomic mass is 10.0. The molecule has 164 valence electrons. The quantitative estimate of drug-likeness (QED) is 0.316. The minimum atomic E-state index is -0.565. The molecule has 0 fully saturated rings. The number of carbonyl (C=O) groups is 2. The molecule has 6 nitrogen and oxygen atoms in total. The van der Waals surface area contributed by atoms with Gasteiger partial charge in [0.15, 0.2) is 4.34 Å². The molecule has 1 N–H and O–H groups in total. The van der Waals surface area contributed by atoms with Crippen LogP contribution in [0.3, 0.4) is 0 Å². The smallest absolute Gasteiger partial charge is 0.308 e. The molecule has 0 aliphatic heterocycles. The van der Waals surface area contributed by atoms with Crippen molar-refractivity contribution in [1.29, 1.82) is 0 Å². The van der Waals surface area contributed by atoms with E-state index < -0.39 is 12.0 Å². The summed E-state index contributed by atoms with van der Waals surface area (Å²) in [4.78, 5) is 29.2. The summed E-state index contributed by atoms with van der Waals surface area (Å²) < 4.78 is 12.4. The highest BCUT2D eigenvalue weighted by Crippen LogP contribution is 2.32. The maximum atomic E-state index is 12.6. The summed E-state index contributed by atoms with van der Waals surface area (Å²) in [5.74, 6) is 0.363. The Bertz CT molecular complexity index is 1060. The maximum Gasteiger partial charge on any atom is 0.308 e. The van der Waals surface area contributed by atoms with Gasteiger partial charge in [0.25, 0.3) is 0 Å². The number of hydrogen-bond acceptors (Lipinski definition) is 7. The van der Waals surface area contributed by atoms with Gasteiger partial charge in [0.05, 0.1) is 41.6 Å². The van der Waals surface area contributed by atoms with E-state index in [0.29, 0.717) is 17.2 Å². The number of fused-ring (bicyclic) bond motifs is 1. The number of benzene rings is 2. The fourth-order valence-electron chi connectivity index (χ4n) is 2.95. The number of rotatable bonds is 10. The first-order valence-corrected chi connectivity index (χ1v) is 12.0. The minimum absolute atomic E-state index is 0.00925. The van der Waals surface area contributed by atoms with E-state index >= 15 is 0 Å². The molecule has 0 saturated heterocycles. The number of hydrogen-bond donors (Lipinski definition) is 1. The Morgan fingerprint density at radius 1 is 1.19 bits per heavy atom. The van der Waals surface area contributed by atoms with Crippen LogP contribution in [0.4, 0.5) is 0 Å². The molecule has 3 aromatic rings. The SMILES string of the molecule is CCOC(=O)C[C@H](NC(=O)CSc1nc2ccc(OCC)cc2s1)c1ccccc1Cl. The zero-order chi connectivity index (χ0) is 22.2. The molecule has 1 atom stereocenters. The van der Waals surface area contributed by atoms with Gasteiger partial charge < -0.3 is 14.8 Å². The summed E-state index contributed by atoms with van der Waals surface area (Å²) in [6.45, 7) is 4.56. The van der Waals surface area contributed by atoms with Crippen molar-refractivity contribution in [3.8, 4) is 5.75 Å². The number of amides is 1. The molecule has 0 aliphatic carbocycles. The van der Waals surface area contributed by atoms with Gasteiger partial charge in [-0.1, -0.05) is 41.6 Å². The number of thiazole rings is 1. The van der Waals surface area contributed by atoms with E-state index in [4.69, 9.17) is 21.1 Å². The molecule has 0 radical (unpaired) electrons. The van der Waals surface area contributed by atoms with Gasteiger partial charge in [-0.3, -0.25) is 9.59 Å². The van der Waals surface area contributed by atoms with Crippen LogP contribution in [-0.4, -0.2) is 35.8 Å². The molecule has 0 unspecified atom stereocenters. The van der Waals surface area contributed by atoms with Gasteiger partial charge in [0.2, 0.25) is 5.91 Å². The topological polar surface area (TPSA) is 77.5 Å². The van der Waals surface area contributed by atoms with Crippen LogP contribution in [0.25, 0.3) is 10.2 Å². The molecule has 0 saturated carbocycles. The minimum Gasteiger partial charge on any atom is -0.494 e. The first kappa shape index (κ1) is 23.4. The van der Waals surface area contributed by atoms with Gasteiger partial charge >= 0.3 is 5.97 Å². The van der Waals surface area contributed by atoms with Crippen molar-refractivity contribution in [2.75, 3.05) is 19.0 Å². The Morgan fingerprint density at radius 2 is 2.00 bits per heavy atom. The van der Waals surface area contributed by atoms with E-state index in [-0.39, 0.29) is 24.7 Å². The first-order valence-electron chi connectivity index (χ1n) is 9.85. The predicted octanol–water partition coefficient (Wildman–Crippen LogP) is 5.25. The van der Waals surface area contributed by atoms with Crippen molar-refractivity contribution < 1.29 is 19.1 Å². The van der Waals surface area contributed by atoms with Gasteiger partial charge in [-0.25, -0.2) is 4.98 Å². The second-order valence-corrected chi connectivity index (χ2v) is 9.14. The molecule has 31 heavy (non-hydrogen) atoms. The van der Waals surface area contributed by atoms with Gasteiger partial charge in [0.1, 0.15) is 5.75 Å². The van der Waals surface area contributed by atoms with Crippen LogP contribution in [0.15, 0.2) is 46.8 Å². The van der Waals surface area contributed by atoms with Crippen molar-refractivity contribution in [1.82, 2.24) is 10.3 Å². The van der Waals surface area contributed by atoms with Crippen LogP contribution < -0.4 is 10.1 Å². The summed E-state index contributed by atoms with van der Waals surface area (Å²) in [7, 11) is 0. The number of esters is 1.